The van der Waals surface area contributed by atoms with Crippen LogP contribution in [0.2, 0.25) is 0 Å². The average molecular weight is 299 g/mol. The number of halogens is 1. The molecule has 1 amide bonds. The summed E-state index contributed by atoms with van der Waals surface area (Å²) in [6.07, 6.45) is 5.05. The third kappa shape index (κ3) is 2.35. The van der Waals surface area contributed by atoms with E-state index in [2.05, 4.69) is 15.2 Å². The molecule has 0 aliphatic carbocycles. The summed E-state index contributed by atoms with van der Waals surface area (Å²) in [7, 11) is 0. The van der Waals surface area contributed by atoms with E-state index in [0.717, 1.165) is 25.4 Å². The van der Waals surface area contributed by atoms with E-state index in [-0.39, 0.29) is 17.9 Å². The fourth-order valence-electron chi connectivity index (χ4n) is 3.60. The predicted octanol–water partition coefficient (Wildman–Crippen LogP) is 2.55. The maximum atomic E-state index is 13.6. The molecule has 0 unspecified atom stereocenters. The number of aromatic nitrogens is 1. The van der Waals surface area contributed by atoms with Gasteiger partial charge in [0.2, 0.25) is 0 Å². The summed E-state index contributed by atoms with van der Waals surface area (Å²) in [6, 6.07) is 6.49. The Kier molecular flexibility index (Phi) is 3.30. The average Bonchev–Trinajstić information content (AvgIpc) is 2.56. The molecule has 22 heavy (non-hydrogen) atoms. The number of fused-ring (bicyclic) bond motifs is 4. The zero-order valence-corrected chi connectivity index (χ0v) is 12.3. The van der Waals surface area contributed by atoms with Gasteiger partial charge >= 0.3 is 0 Å². The van der Waals surface area contributed by atoms with Crippen molar-refractivity contribution in [1.29, 1.82) is 0 Å². The molecule has 1 aromatic carbocycles. The zero-order chi connectivity index (χ0) is 15.1. The van der Waals surface area contributed by atoms with Crippen LogP contribution < -0.4 is 5.32 Å². The number of piperidine rings is 3. The molecule has 3 aliphatic heterocycles. The maximum Gasteiger partial charge on any atom is 0.271 e. The third-order valence-electron chi connectivity index (χ3n) is 4.89. The number of carbonyl (C=O) groups excluding carboxylic acids is 1. The number of pyridine rings is 1. The largest absolute Gasteiger partial charge is 0.335 e. The van der Waals surface area contributed by atoms with Gasteiger partial charge in [-0.05, 0) is 42.7 Å². The zero-order valence-electron chi connectivity index (χ0n) is 12.3. The Hall–Kier alpha value is -2.01. The summed E-state index contributed by atoms with van der Waals surface area (Å²) >= 11 is 0. The summed E-state index contributed by atoms with van der Waals surface area (Å²) in [6.45, 7) is 2.12. The van der Waals surface area contributed by atoms with Crippen molar-refractivity contribution in [3.8, 4) is 0 Å². The van der Waals surface area contributed by atoms with Crippen molar-refractivity contribution in [2.24, 2.45) is 5.92 Å². The highest BCUT2D eigenvalue weighted by molar-refractivity contribution is 5.96. The summed E-state index contributed by atoms with van der Waals surface area (Å²) in [5.74, 6) is 0.241. The number of amides is 1. The number of carbonyl (C=O) groups is 1. The summed E-state index contributed by atoms with van der Waals surface area (Å²) < 4.78 is 13.6. The molecule has 114 valence electrons. The molecule has 4 nitrogen and oxygen atoms in total. The normalized spacial score (nSPS) is 27.0. The van der Waals surface area contributed by atoms with Crippen LogP contribution in [0.4, 0.5) is 4.39 Å². The van der Waals surface area contributed by atoms with E-state index in [1.807, 2.05) is 0 Å². The second kappa shape index (κ2) is 5.32. The van der Waals surface area contributed by atoms with Gasteiger partial charge in [-0.15, -0.1) is 0 Å². The first-order valence-corrected chi connectivity index (χ1v) is 7.80. The lowest BCUT2D eigenvalue weighted by Crippen LogP contribution is -2.56. The van der Waals surface area contributed by atoms with E-state index in [1.54, 1.807) is 18.2 Å². The van der Waals surface area contributed by atoms with Crippen LogP contribution in [-0.2, 0) is 0 Å². The maximum absolute atomic E-state index is 13.6. The lowest BCUT2D eigenvalue weighted by molar-refractivity contribution is 0.0293. The fourth-order valence-corrected chi connectivity index (χ4v) is 3.60. The Morgan fingerprint density at radius 2 is 2.14 bits per heavy atom. The molecule has 3 aliphatic rings. The van der Waals surface area contributed by atoms with Gasteiger partial charge in [0.15, 0.2) is 0 Å². The Labute approximate surface area is 128 Å². The van der Waals surface area contributed by atoms with Crippen LogP contribution in [0.25, 0.3) is 10.8 Å². The molecular weight excluding hydrogens is 281 g/mol. The number of hydrogen-bond acceptors (Lipinski definition) is 3. The molecule has 0 spiro atoms. The topological polar surface area (TPSA) is 45.2 Å². The van der Waals surface area contributed by atoms with E-state index in [4.69, 9.17) is 0 Å². The summed E-state index contributed by atoms with van der Waals surface area (Å²) in [4.78, 5) is 18.9. The van der Waals surface area contributed by atoms with Crippen LogP contribution in [0.1, 0.15) is 29.8 Å². The number of hydrogen-bond donors (Lipinski definition) is 1. The van der Waals surface area contributed by atoms with Crippen molar-refractivity contribution >= 4 is 16.7 Å². The second-order valence-corrected chi connectivity index (χ2v) is 6.23. The van der Waals surface area contributed by atoms with Gasteiger partial charge in [0.25, 0.3) is 5.91 Å². The highest BCUT2D eigenvalue weighted by atomic mass is 19.1. The Morgan fingerprint density at radius 3 is 2.86 bits per heavy atom. The monoisotopic (exact) mass is 299 g/mol. The van der Waals surface area contributed by atoms with Crippen molar-refractivity contribution in [3.63, 3.8) is 0 Å². The lowest BCUT2D eigenvalue weighted by atomic mass is 9.86. The molecule has 0 radical (unpaired) electrons. The van der Waals surface area contributed by atoms with Crippen LogP contribution >= 0.6 is 0 Å². The molecule has 1 aromatic heterocycles. The summed E-state index contributed by atoms with van der Waals surface area (Å²) in [5, 5.41) is 4.22. The van der Waals surface area contributed by atoms with E-state index in [9.17, 15) is 9.18 Å². The van der Waals surface area contributed by atoms with Crippen molar-refractivity contribution in [3.05, 3.63) is 42.0 Å². The van der Waals surface area contributed by atoms with Gasteiger partial charge in [0.1, 0.15) is 11.5 Å². The minimum absolute atomic E-state index is 0.116. The van der Waals surface area contributed by atoms with Crippen LogP contribution in [0.5, 0.6) is 0 Å². The molecule has 2 aromatic rings. The number of nitrogens with one attached hydrogen (secondary N) is 1. The number of rotatable bonds is 2. The van der Waals surface area contributed by atoms with E-state index < -0.39 is 0 Å². The smallest absolute Gasteiger partial charge is 0.271 e. The molecule has 5 heteroatoms. The van der Waals surface area contributed by atoms with E-state index in [0.29, 0.717) is 16.5 Å². The number of benzene rings is 1. The highest BCUT2D eigenvalue weighted by Crippen LogP contribution is 2.30. The Bertz CT molecular complexity index is 725. The van der Waals surface area contributed by atoms with Gasteiger partial charge in [0.05, 0.1) is 6.17 Å². The van der Waals surface area contributed by atoms with Gasteiger partial charge in [-0.3, -0.25) is 14.7 Å². The van der Waals surface area contributed by atoms with E-state index >= 15 is 0 Å². The van der Waals surface area contributed by atoms with Crippen molar-refractivity contribution in [1.82, 2.24) is 15.2 Å². The molecule has 1 N–H and O–H groups in total. The highest BCUT2D eigenvalue weighted by Gasteiger charge is 2.34. The number of nitrogens with zero attached hydrogens (tertiary/aromatic N) is 2. The molecule has 0 saturated carbocycles. The predicted molar refractivity (Wildman–Crippen MR) is 81.9 cm³/mol. The van der Waals surface area contributed by atoms with Gasteiger partial charge in [0, 0.05) is 24.7 Å². The minimum Gasteiger partial charge on any atom is -0.335 e. The minimum atomic E-state index is -0.312. The molecule has 5 rings (SSSR count). The van der Waals surface area contributed by atoms with Crippen molar-refractivity contribution in [2.45, 2.75) is 25.4 Å². The second-order valence-electron chi connectivity index (χ2n) is 6.23. The first-order chi connectivity index (χ1) is 10.7. The Balaban J connectivity index is 1.55. The van der Waals surface area contributed by atoms with Gasteiger partial charge in [-0.1, -0.05) is 12.1 Å². The first-order valence-electron chi connectivity index (χ1n) is 7.80. The van der Waals surface area contributed by atoms with Crippen LogP contribution in [0.15, 0.2) is 30.5 Å². The third-order valence-corrected chi connectivity index (χ3v) is 4.89. The SMILES string of the molecule is O=C(N[C@H]1CC2CCN1CC2)c1cc2cccc(F)c2cn1. The van der Waals surface area contributed by atoms with Gasteiger partial charge in [-0.2, -0.15) is 0 Å². The van der Waals surface area contributed by atoms with Crippen LogP contribution in [-0.4, -0.2) is 35.0 Å². The summed E-state index contributed by atoms with van der Waals surface area (Å²) in [5.41, 5.74) is 0.348. The fraction of sp³-hybridized carbons (Fsp3) is 0.412. The molecule has 3 saturated heterocycles. The molecule has 4 heterocycles. The van der Waals surface area contributed by atoms with Crippen LogP contribution in [0.3, 0.4) is 0 Å². The standard InChI is InChI=1S/C17H18FN3O/c18-14-3-1-2-12-9-15(19-10-13(12)14)17(22)20-16-8-11-4-6-21(16)7-5-11/h1-3,9-11,16H,4-8H2,(H,20,22)/t16-/m1/s1. The van der Waals surface area contributed by atoms with Gasteiger partial charge in [-0.25, -0.2) is 4.39 Å². The molecule has 1 atom stereocenters. The van der Waals surface area contributed by atoms with Gasteiger partial charge < -0.3 is 5.32 Å². The van der Waals surface area contributed by atoms with Crippen molar-refractivity contribution < 1.29 is 9.18 Å². The molecular formula is C17H18FN3O. The van der Waals surface area contributed by atoms with Crippen LogP contribution in [0, 0.1) is 11.7 Å². The molecule has 2 bridgehead atoms. The first kappa shape index (κ1) is 13.6. The van der Waals surface area contributed by atoms with E-state index in [1.165, 1.54) is 25.1 Å². The quantitative estimate of drug-likeness (QED) is 0.927. The molecule has 3 fully saturated rings. The lowest BCUT2D eigenvalue weighted by Gasteiger charge is -2.45. The van der Waals surface area contributed by atoms with Crippen molar-refractivity contribution in [2.75, 3.05) is 13.1 Å². The Morgan fingerprint density at radius 1 is 1.32 bits per heavy atom.